The van der Waals surface area contributed by atoms with E-state index in [2.05, 4.69) is 4.98 Å². The molecule has 0 saturated carbocycles. The molecule has 0 spiro atoms. The summed E-state index contributed by atoms with van der Waals surface area (Å²) in [5.41, 5.74) is 1.59. The van der Waals surface area contributed by atoms with Crippen LogP contribution < -0.4 is 5.48 Å². The summed E-state index contributed by atoms with van der Waals surface area (Å²) >= 11 is 0. The van der Waals surface area contributed by atoms with E-state index >= 15 is 0 Å². The van der Waals surface area contributed by atoms with Crippen molar-refractivity contribution in [2.24, 2.45) is 0 Å². The molecule has 0 aliphatic heterocycles. The minimum Gasteiger partial charge on any atom is -0.289 e. The van der Waals surface area contributed by atoms with Crippen molar-refractivity contribution >= 4 is 27.5 Å². The molecule has 1 amide bonds. The fraction of sp³-hybridized carbons (Fsp3) is 0.250. The van der Waals surface area contributed by atoms with Crippen molar-refractivity contribution in [3.05, 3.63) is 24.4 Å². The summed E-state index contributed by atoms with van der Waals surface area (Å²) in [6, 6.07) is 5.67. The maximum absolute atomic E-state index is 10.6. The summed E-state index contributed by atoms with van der Waals surface area (Å²) in [5.74, 6) is 0.285. The van der Waals surface area contributed by atoms with Gasteiger partial charge >= 0.3 is 0 Å². The molecule has 0 aromatic carbocycles. The first kappa shape index (κ1) is 14.9. The maximum Gasteiger partial charge on any atom is 0.244 e. The monoisotopic (exact) mass is 281 g/mol. The van der Waals surface area contributed by atoms with Gasteiger partial charge in [0.15, 0.2) is 0 Å². The van der Waals surface area contributed by atoms with E-state index in [0.717, 1.165) is 5.03 Å². The van der Waals surface area contributed by atoms with Crippen LogP contribution >= 0.6 is 21.6 Å². The number of carbonyl (C=O) groups excluding carboxylic acids is 1. The Morgan fingerprint density at radius 1 is 1.53 bits per heavy atom. The third-order valence-corrected chi connectivity index (χ3v) is 3.59. The van der Waals surface area contributed by atoms with Crippen molar-refractivity contribution in [3.63, 3.8) is 0 Å². The molecule has 15 heavy (non-hydrogen) atoms. The molecule has 2 N–H and O–H groups in total. The molecule has 81 valence electrons. The van der Waals surface area contributed by atoms with Gasteiger partial charge in [-0.1, -0.05) is 16.9 Å². The SMILES string of the molecule is O=C(CCSSc1ccccn1)NO.[V]. The number of nitrogens with one attached hydrogen (secondary N) is 1. The molecule has 0 aliphatic carbocycles. The molecule has 0 unspecified atom stereocenters. The van der Waals surface area contributed by atoms with Crippen LogP contribution in [-0.4, -0.2) is 21.9 Å². The fourth-order valence-corrected chi connectivity index (χ4v) is 2.56. The molecule has 0 atom stereocenters. The summed E-state index contributed by atoms with van der Waals surface area (Å²) in [5, 5.41) is 9.14. The van der Waals surface area contributed by atoms with Gasteiger partial charge in [-0.2, -0.15) is 0 Å². The molecule has 1 radical (unpaired) electrons. The smallest absolute Gasteiger partial charge is 0.244 e. The van der Waals surface area contributed by atoms with Gasteiger partial charge in [0.2, 0.25) is 5.91 Å². The number of nitrogens with zero attached hydrogens (tertiary/aromatic N) is 1. The van der Waals surface area contributed by atoms with Crippen LogP contribution in [0.25, 0.3) is 0 Å². The fourth-order valence-electron chi connectivity index (χ4n) is 0.689. The maximum atomic E-state index is 10.6. The third-order valence-electron chi connectivity index (χ3n) is 1.32. The van der Waals surface area contributed by atoms with Crippen LogP contribution in [0, 0.1) is 0 Å². The first-order valence-electron chi connectivity index (χ1n) is 3.96. The molecule has 0 saturated heterocycles. The van der Waals surface area contributed by atoms with Crippen molar-refractivity contribution in [1.82, 2.24) is 10.5 Å². The van der Waals surface area contributed by atoms with Crippen LogP contribution in [0.1, 0.15) is 6.42 Å². The standard InChI is InChI=1S/C8H10N2O2S2.V/c11-7(10-12)4-6-13-14-8-3-1-2-5-9-8;/h1-3,5,12H,4,6H2,(H,10,11);. The van der Waals surface area contributed by atoms with Crippen molar-refractivity contribution in [1.29, 1.82) is 0 Å². The summed E-state index contributed by atoms with van der Waals surface area (Å²) in [7, 11) is 3.05. The third kappa shape index (κ3) is 6.86. The summed E-state index contributed by atoms with van der Waals surface area (Å²) in [4.78, 5) is 14.7. The van der Waals surface area contributed by atoms with Gasteiger partial charge in [0.1, 0.15) is 5.03 Å². The van der Waals surface area contributed by atoms with Gasteiger partial charge < -0.3 is 0 Å². The molecule has 1 heterocycles. The number of rotatable bonds is 5. The Morgan fingerprint density at radius 2 is 2.33 bits per heavy atom. The Kier molecular flexibility index (Phi) is 9.03. The predicted octanol–water partition coefficient (Wildman–Crippen LogP) is 1.71. The minimum absolute atomic E-state index is 0. The Balaban J connectivity index is 0.00000196. The number of amides is 1. The molecule has 1 aromatic rings. The average molecular weight is 281 g/mol. The van der Waals surface area contributed by atoms with E-state index in [-0.39, 0.29) is 24.5 Å². The average Bonchev–Trinajstić information content (AvgIpc) is 2.25. The summed E-state index contributed by atoms with van der Waals surface area (Å²) in [6.07, 6.45) is 2.03. The van der Waals surface area contributed by atoms with E-state index in [0.29, 0.717) is 12.2 Å². The van der Waals surface area contributed by atoms with E-state index in [1.165, 1.54) is 21.6 Å². The number of hydrogen-bond acceptors (Lipinski definition) is 5. The molecule has 0 aliphatic rings. The van der Waals surface area contributed by atoms with Crippen LogP contribution in [0.5, 0.6) is 0 Å². The molecule has 1 rings (SSSR count). The largest absolute Gasteiger partial charge is 0.289 e. The van der Waals surface area contributed by atoms with Gasteiger partial charge in [-0.05, 0) is 22.9 Å². The zero-order valence-corrected chi connectivity index (χ0v) is 10.8. The second-order valence-corrected chi connectivity index (χ2v) is 4.79. The number of aromatic nitrogens is 1. The van der Waals surface area contributed by atoms with Crippen LogP contribution in [-0.2, 0) is 23.4 Å². The predicted molar refractivity (Wildman–Crippen MR) is 57.1 cm³/mol. The Labute approximate surface area is 108 Å². The summed E-state index contributed by atoms with van der Waals surface area (Å²) in [6.45, 7) is 0. The zero-order valence-electron chi connectivity index (χ0n) is 7.79. The molecule has 0 fully saturated rings. The first-order valence-corrected chi connectivity index (χ1v) is 6.28. The number of pyridine rings is 1. The second kappa shape index (κ2) is 9.12. The molecular weight excluding hydrogens is 271 g/mol. The first-order chi connectivity index (χ1) is 6.83. The van der Waals surface area contributed by atoms with E-state index in [1.807, 2.05) is 18.2 Å². The van der Waals surface area contributed by atoms with Crippen LogP contribution in [0.15, 0.2) is 29.4 Å². The van der Waals surface area contributed by atoms with Gasteiger partial charge in [0, 0.05) is 36.9 Å². The van der Waals surface area contributed by atoms with Gasteiger partial charge in [0.05, 0.1) is 0 Å². The van der Waals surface area contributed by atoms with E-state index in [1.54, 1.807) is 11.7 Å². The van der Waals surface area contributed by atoms with Crippen LogP contribution in [0.2, 0.25) is 0 Å². The quantitative estimate of drug-likeness (QED) is 0.372. The van der Waals surface area contributed by atoms with Gasteiger partial charge in [-0.25, -0.2) is 10.5 Å². The second-order valence-electron chi connectivity index (χ2n) is 2.36. The normalized spacial score (nSPS) is 9.13. The molecular formula is C8H10N2O2S2V. The van der Waals surface area contributed by atoms with Crippen molar-refractivity contribution in [2.75, 3.05) is 5.75 Å². The number of hydroxylamine groups is 1. The van der Waals surface area contributed by atoms with Crippen molar-refractivity contribution in [3.8, 4) is 0 Å². The number of carbonyl (C=O) groups is 1. The molecule has 0 bridgehead atoms. The topological polar surface area (TPSA) is 62.2 Å². The van der Waals surface area contributed by atoms with Crippen molar-refractivity contribution < 1.29 is 28.6 Å². The Bertz CT molecular complexity index is 287. The summed E-state index contributed by atoms with van der Waals surface area (Å²) < 4.78 is 0. The van der Waals surface area contributed by atoms with Gasteiger partial charge in [0.25, 0.3) is 0 Å². The van der Waals surface area contributed by atoms with E-state index in [9.17, 15) is 4.79 Å². The minimum atomic E-state index is -0.362. The zero-order chi connectivity index (χ0) is 10.2. The van der Waals surface area contributed by atoms with Crippen LogP contribution in [0.3, 0.4) is 0 Å². The van der Waals surface area contributed by atoms with E-state index < -0.39 is 0 Å². The Morgan fingerprint density at radius 3 is 2.93 bits per heavy atom. The van der Waals surface area contributed by atoms with Crippen molar-refractivity contribution in [2.45, 2.75) is 11.4 Å². The van der Waals surface area contributed by atoms with Crippen LogP contribution in [0.4, 0.5) is 0 Å². The van der Waals surface area contributed by atoms with E-state index in [4.69, 9.17) is 5.21 Å². The number of hydrogen-bond donors (Lipinski definition) is 2. The molecule has 4 nitrogen and oxygen atoms in total. The molecule has 1 aromatic heterocycles. The molecule has 7 heteroatoms. The van der Waals surface area contributed by atoms with Gasteiger partial charge in [-0.15, -0.1) is 0 Å². The van der Waals surface area contributed by atoms with Gasteiger partial charge in [-0.3, -0.25) is 10.0 Å². The Hall–Kier alpha value is -0.136.